The van der Waals surface area contributed by atoms with Crippen LogP contribution in [0.25, 0.3) is 0 Å². The van der Waals surface area contributed by atoms with E-state index in [1.807, 2.05) is 45.0 Å². The highest BCUT2D eigenvalue weighted by Gasteiger charge is 2.28. The largest absolute Gasteiger partial charge is 0.491 e. The molecule has 0 fully saturated rings. The fourth-order valence-electron chi connectivity index (χ4n) is 1.99. The number of nitrogens with one attached hydrogen (secondary N) is 1. The quantitative estimate of drug-likeness (QED) is 0.811. The number of para-hydroxylation sites is 1. The van der Waals surface area contributed by atoms with Crippen LogP contribution in [0.4, 0.5) is 0 Å². The molecule has 0 heterocycles. The van der Waals surface area contributed by atoms with E-state index in [2.05, 4.69) is 19.2 Å². The summed E-state index contributed by atoms with van der Waals surface area (Å²) in [6.07, 6.45) is 0.379. The average molecular weight is 292 g/mol. The van der Waals surface area contributed by atoms with E-state index < -0.39 is 0 Å². The molecule has 0 aliphatic heterocycles. The van der Waals surface area contributed by atoms with Crippen LogP contribution in [0, 0.1) is 5.92 Å². The van der Waals surface area contributed by atoms with Gasteiger partial charge in [-0.2, -0.15) is 0 Å². The van der Waals surface area contributed by atoms with Crippen LogP contribution in [-0.2, 0) is 11.2 Å². The van der Waals surface area contributed by atoms with Crippen LogP contribution in [0.5, 0.6) is 5.75 Å². The molecule has 1 atom stereocenters. The summed E-state index contributed by atoms with van der Waals surface area (Å²) in [6, 6.07) is 7.65. The van der Waals surface area contributed by atoms with Crippen LogP contribution in [0.1, 0.15) is 40.2 Å². The fourth-order valence-corrected chi connectivity index (χ4v) is 1.99. The van der Waals surface area contributed by atoms with E-state index in [4.69, 9.17) is 10.5 Å². The smallest absolute Gasteiger partial charge is 0.225 e. The van der Waals surface area contributed by atoms with Crippen molar-refractivity contribution in [2.45, 2.75) is 52.7 Å². The van der Waals surface area contributed by atoms with Crippen molar-refractivity contribution < 1.29 is 9.53 Å². The van der Waals surface area contributed by atoms with Gasteiger partial charge in [-0.15, -0.1) is 0 Å². The molecule has 0 spiro atoms. The highest BCUT2D eigenvalue weighted by Crippen LogP contribution is 2.21. The van der Waals surface area contributed by atoms with Gasteiger partial charge in [0.1, 0.15) is 5.75 Å². The zero-order chi connectivity index (χ0) is 16.0. The van der Waals surface area contributed by atoms with Gasteiger partial charge in [-0.1, -0.05) is 32.0 Å². The molecule has 1 rings (SSSR count). The summed E-state index contributed by atoms with van der Waals surface area (Å²) in [6.45, 7) is 10.5. The van der Waals surface area contributed by atoms with Gasteiger partial charge in [-0.25, -0.2) is 0 Å². The van der Waals surface area contributed by atoms with Gasteiger partial charge in [0.15, 0.2) is 0 Å². The van der Waals surface area contributed by atoms with Gasteiger partial charge in [0.2, 0.25) is 5.91 Å². The third-order valence-corrected chi connectivity index (χ3v) is 3.81. The lowest BCUT2D eigenvalue weighted by atomic mass is 9.88. The highest BCUT2D eigenvalue weighted by molar-refractivity contribution is 5.80. The molecule has 118 valence electrons. The maximum absolute atomic E-state index is 12.3. The first-order chi connectivity index (χ1) is 9.78. The van der Waals surface area contributed by atoms with Crippen molar-refractivity contribution in [1.82, 2.24) is 5.32 Å². The first-order valence-electron chi connectivity index (χ1n) is 7.54. The van der Waals surface area contributed by atoms with Crippen molar-refractivity contribution in [2.75, 3.05) is 6.54 Å². The standard InChI is InChI=1S/C17H28N2O2/c1-12(2)17(5,11-18)19-16(20)10-14-8-6-7-9-15(14)21-13(3)4/h6-9,12-13H,10-11,18H2,1-5H3,(H,19,20). The van der Waals surface area contributed by atoms with E-state index in [1.54, 1.807) is 0 Å². The molecule has 0 saturated heterocycles. The zero-order valence-electron chi connectivity index (χ0n) is 13.8. The Hall–Kier alpha value is -1.55. The fraction of sp³-hybridized carbons (Fsp3) is 0.588. The molecule has 1 amide bonds. The van der Waals surface area contributed by atoms with Crippen molar-refractivity contribution in [3.8, 4) is 5.75 Å². The lowest BCUT2D eigenvalue weighted by Gasteiger charge is -2.33. The first-order valence-corrected chi connectivity index (χ1v) is 7.54. The molecule has 0 aromatic heterocycles. The zero-order valence-corrected chi connectivity index (χ0v) is 13.8. The van der Waals surface area contributed by atoms with E-state index in [9.17, 15) is 4.79 Å². The van der Waals surface area contributed by atoms with Crippen LogP contribution in [0.2, 0.25) is 0 Å². The lowest BCUT2D eigenvalue weighted by Crippen LogP contribution is -2.55. The van der Waals surface area contributed by atoms with Crippen molar-refractivity contribution in [3.05, 3.63) is 29.8 Å². The van der Waals surface area contributed by atoms with E-state index in [0.717, 1.165) is 11.3 Å². The third kappa shape index (κ3) is 5.05. The Balaban J connectivity index is 2.80. The predicted octanol–water partition coefficient (Wildman–Crippen LogP) is 2.51. The van der Waals surface area contributed by atoms with Crippen LogP contribution in [-0.4, -0.2) is 24.1 Å². The van der Waals surface area contributed by atoms with Crippen molar-refractivity contribution in [2.24, 2.45) is 11.7 Å². The predicted molar refractivity (Wildman–Crippen MR) is 86.4 cm³/mol. The third-order valence-electron chi connectivity index (χ3n) is 3.81. The van der Waals surface area contributed by atoms with Crippen molar-refractivity contribution in [1.29, 1.82) is 0 Å². The van der Waals surface area contributed by atoms with Crippen molar-refractivity contribution >= 4 is 5.91 Å². The van der Waals surface area contributed by atoms with Gasteiger partial charge in [0.25, 0.3) is 0 Å². The molecule has 21 heavy (non-hydrogen) atoms. The highest BCUT2D eigenvalue weighted by atomic mass is 16.5. The Kier molecular flexibility index (Phi) is 6.21. The minimum Gasteiger partial charge on any atom is -0.491 e. The Morgan fingerprint density at radius 1 is 1.29 bits per heavy atom. The number of hydrogen-bond acceptors (Lipinski definition) is 3. The van der Waals surface area contributed by atoms with Crippen LogP contribution in [0.15, 0.2) is 24.3 Å². The Morgan fingerprint density at radius 2 is 1.90 bits per heavy atom. The van der Waals surface area contributed by atoms with Crippen LogP contribution in [0.3, 0.4) is 0 Å². The van der Waals surface area contributed by atoms with Gasteiger partial charge >= 0.3 is 0 Å². The van der Waals surface area contributed by atoms with Gasteiger partial charge in [-0.05, 0) is 32.8 Å². The van der Waals surface area contributed by atoms with Crippen molar-refractivity contribution in [3.63, 3.8) is 0 Å². The number of carbonyl (C=O) groups excluding carboxylic acids is 1. The molecule has 0 bridgehead atoms. The summed E-state index contributed by atoms with van der Waals surface area (Å²) in [7, 11) is 0. The van der Waals surface area contributed by atoms with Crippen LogP contribution < -0.4 is 15.8 Å². The molecule has 1 unspecified atom stereocenters. The second-order valence-corrected chi connectivity index (χ2v) is 6.28. The first kappa shape index (κ1) is 17.5. The Labute approximate surface area is 128 Å². The summed E-state index contributed by atoms with van der Waals surface area (Å²) in [5, 5.41) is 3.05. The summed E-state index contributed by atoms with van der Waals surface area (Å²) in [5.41, 5.74) is 6.32. The normalized spacial score (nSPS) is 14.1. The SMILES string of the molecule is CC(C)Oc1ccccc1CC(=O)NC(C)(CN)C(C)C. The minimum atomic E-state index is -0.384. The number of carbonyl (C=O) groups is 1. The molecule has 4 nitrogen and oxygen atoms in total. The maximum Gasteiger partial charge on any atom is 0.225 e. The van der Waals surface area contributed by atoms with Gasteiger partial charge in [-0.3, -0.25) is 4.79 Å². The summed E-state index contributed by atoms with van der Waals surface area (Å²) in [5.74, 6) is 1.01. The van der Waals surface area contributed by atoms with Gasteiger partial charge in [0, 0.05) is 12.1 Å². The van der Waals surface area contributed by atoms with Gasteiger partial charge < -0.3 is 15.8 Å². The van der Waals surface area contributed by atoms with E-state index in [-0.39, 0.29) is 23.5 Å². The summed E-state index contributed by atoms with van der Waals surface area (Å²) < 4.78 is 5.75. The Morgan fingerprint density at radius 3 is 2.43 bits per heavy atom. The monoisotopic (exact) mass is 292 g/mol. The number of amides is 1. The molecule has 4 heteroatoms. The van der Waals surface area contributed by atoms with E-state index in [1.165, 1.54) is 0 Å². The maximum atomic E-state index is 12.3. The van der Waals surface area contributed by atoms with Gasteiger partial charge in [0.05, 0.1) is 18.1 Å². The molecule has 0 aliphatic carbocycles. The number of ether oxygens (including phenoxy) is 1. The summed E-state index contributed by atoms with van der Waals surface area (Å²) in [4.78, 5) is 12.3. The number of rotatable bonds is 7. The summed E-state index contributed by atoms with van der Waals surface area (Å²) >= 11 is 0. The minimum absolute atomic E-state index is 0.0311. The molecular weight excluding hydrogens is 264 g/mol. The van der Waals surface area contributed by atoms with Crippen LogP contribution >= 0.6 is 0 Å². The molecule has 1 aromatic rings. The molecule has 0 saturated carbocycles. The molecule has 0 radical (unpaired) electrons. The molecule has 0 aliphatic rings. The second-order valence-electron chi connectivity index (χ2n) is 6.28. The molecular formula is C17H28N2O2. The topological polar surface area (TPSA) is 64.3 Å². The number of hydrogen-bond donors (Lipinski definition) is 2. The Bertz CT molecular complexity index is 472. The number of nitrogens with two attached hydrogens (primary N) is 1. The lowest BCUT2D eigenvalue weighted by molar-refractivity contribution is -0.122. The number of benzene rings is 1. The second kappa shape index (κ2) is 7.46. The van der Waals surface area contributed by atoms with E-state index >= 15 is 0 Å². The molecule has 1 aromatic carbocycles. The van der Waals surface area contributed by atoms with E-state index in [0.29, 0.717) is 13.0 Å². The average Bonchev–Trinajstić information content (AvgIpc) is 2.40. The molecule has 3 N–H and O–H groups in total.